The zero-order valence-electron chi connectivity index (χ0n) is 19.4. The molecule has 0 bridgehead atoms. The molecule has 3 aromatic heterocycles. The van der Waals surface area contributed by atoms with Crippen LogP contribution in [0.4, 0.5) is 10.1 Å². The lowest BCUT2D eigenvalue weighted by molar-refractivity contribution is 0.628. The molecule has 0 aliphatic carbocycles. The van der Waals surface area contributed by atoms with Gasteiger partial charge in [0.15, 0.2) is 0 Å². The van der Waals surface area contributed by atoms with Crippen molar-refractivity contribution in [1.29, 1.82) is 0 Å². The first-order valence-corrected chi connectivity index (χ1v) is 11.7. The number of anilines is 1. The van der Waals surface area contributed by atoms with E-state index in [1.165, 1.54) is 6.07 Å². The Kier molecular flexibility index (Phi) is 5.07. The average molecular weight is 462 g/mol. The number of hydrogen-bond acceptors (Lipinski definition) is 3. The first-order valence-electron chi connectivity index (χ1n) is 11.7. The van der Waals surface area contributed by atoms with Crippen LogP contribution in [0.25, 0.3) is 55.7 Å². The average Bonchev–Trinajstić information content (AvgIpc) is 3.47. The molecule has 0 fully saturated rings. The van der Waals surface area contributed by atoms with Crippen molar-refractivity contribution in [2.75, 3.05) is 5.32 Å². The monoisotopic (exact) mass is 461 g/mol. The Morgan fingerprint density at radius 2 is 1.66 bits per heavy atom. The van der Waals surface area contributed by atoms with E-state index in [0.29, 0.717) is 6.04 Å². The van der Waals surface area contributed by atoms with Gasteiger partial charge < -0.3 is 10.3 Å². The van der Waals surface area contributed by atoms with Crippen LogP contribution in [0.5, 0.6) is 0 Å². The molecule has 6 aromatic rings. The van der Waals surface area contributed by atoms with Crippen LogP contribution in [0.15, 0.2) is 84.9 Å². The molecule has 3 aromatic carbocycles. The van der Waals surface area contributed by atoms with E-state index in [1.54, 1.807) is 12.1 Å². The van der Waals surface area contributed by atoms with Gasteiger partial charge in [0, 0.05) is 28.2 Å². The van der Waals surface area contributed by atoms with Gasteiger partial charge in [-0.05, 0) is 73.5 Å². The fourth-order valence-corrected chi connectivity index (χ4v) is 4.54. The third kappa shape index (κ3) is 3.93. The maximum absolute atomic E-state index is 13.9. The second-order valence-electron chi connectivity index (χ2n) is 9.00. The topological polar surface area (TPSA) is 69.4 Å². The molecular weight excluding hydrogens is 437 g/mol. The van der Waals surface area contributed by atoms with E-state index in [0.717, 1.165) is 61.4 Å². The van der Waals surface area contributed by atoms with Gasteiger partial charge in [0.25, 0.3) is 0 Å². The summed E-state index contributed by atoms with van der Waals surface area (Å²) in [4.78, 5) is 8.45. The highest BCUT2D eigenvalue weighted by atomic mass is 19.1. The number of benzene rings is 3. The van der Waals surface area contributed by atoms with Gasteiger partial charge in [0.2, 0.25) is 0 Å². The van der Waals surface area contributed by atoms with Crippen LogP contribution < -0.4 is 5.32 Å². The van der Waals surface area contributed by atoms with Crippen molar-refractivity contribution in [3.63, 3.8) is 0 Å². The maximum Gasteiger partial charge on any atom is 0.135 e. The SMILES string of the molecule is CC(C)Nc1cccc(-c2ccc3[nH]nc(-c4cc5c(-c6cccc(F)c6)cccc5[nH]4)c3n2)c1. The molecule has 3 heterocycles. The fourth-order valence-electron chi connectivity index (χ4n) is 4.54. The highest BCUT2D eigenvalue weighted by molar-refractivity contribution is 6.00. The Morgan fingerprint density at radius 3 is 2.51 bits per heavy atom. The van der Waals surface area contributed by atoms with Crippen LogP contribution in [0.2, 0.25) is 0 Å². The predicted molar refractivity (Wildman–Crippen MR) is 141 cm³/mol. The van der Waals surface area contributed by atoms with Crippen molar-refractivity contribution in [2.24, 2.45) is 0 Å². The molecule has 0 saturated carbocycles. The summed E-state index contributed by atoms with van der Waals surface area (Å²) in [6, 6.07) is 27.4. The van der Waals surface area contributed by atoms with Gasteiger partial charge in [-0.1, -0.05) is 36.4 Å². The lowest BCUT2D eigenvalue weighted by Gasteiger charge is -2.11. The fraction of sp³-hybridized carbons (Fsp3) is 0.103. The second-order valence-corrected chi connectivity index (χ2v) is 9.00. The van der Waals surface area contributed by atoms with E-state index in [2.05, 4.69) is 58.6 Å². The van der Waals surface area contributed by atoms with Gasteiger partial charge in [-0.15, -0.1) is 0 Å². The minimum absolute atomic E-state index is 0.252. The van der Waals surface area contributed by atoms with E-state index in [-0.39, 0.29) is 5.82 Å². The standard InChI is InChI=1S/C29H24FN5/c1-17(2)31-21-9-4-7-19(15-21)24-12-13-26-28(33-24)29(35-34-26)27-16-23-22(10-5-11-25(23)32-27)18-6-3-8-20(30)14-18/h3-17,31-32H,1-2H3,(H,34,35). The van der Waals surface area contributed by atoms with Crippen molar-refractivity contribution in [3.05, 3.63) is 90.7 Å². The third-order valence-electron chi connectivity index (χ3n) is 6.08. The van der Waals surface area contributed by atoms with Gasteiger partial charge in [-0.2, -0.15) is 5.10 Å². The first kappa shape index (κ1) is 21.1. The first-order chi connectivity index (χ1) is 17.0. The molecule has 0 amide bonds. The number of aromatic amines is 2. The van der Waals surface area contributed by atoms with Crippen LogP contribution in [-0.2, 0) is 0 Å². The van der Waals surface area contributed by atoms with E-state index in [1.807, 2.05) is 42.5 Å². The molecule has 5 nitrogen and oxygen atoms in total. The Morgan fingerprint density at radius 1 is 0.829 bits per heavy atom. The number of fused-ring (bicyclic) bond motifs is 2. The molecule has 6 heteroatoms. The summed E-state index contributed by atoms with van der Waals surface area (Å²) in [6.07, 6.45) is 0. The quantitative estimate of drug-likeness (QED) is 0.250. The predicted octanol–water partition coefficient (Wildman–Crippen LogP) is 7.40. The van der Waals surface area contributed by atoms with E-state index in [9.17, 15) is 4.39 Å². The number of halogens is 1. The minimum Gasteiger partial charge on any atom is -0.383 e. The molecule has 0 atom stereocenters. The summed E-state index contributed by atoms with van der Waals surface area (Å²) in [5.74, 6) is -0.252. The molecule has 6 rings (SSSR count). The summed E-state index contributed by atoms with van der Waals surface area (Å²) >= 11 is 0. The number of aromatic nitrogens is 4. The molecule has 0 saturated heterocycles. The van der Waals surface area contributed by atoms with Crippen LogP contribution in [0, 0.1) is 5.82 Å². The highest BCUT2D eigenvalue weighted by Crippen LogP contribution is 2.34. The Hall–Kier alpha value is -4.45. The van der Waals surface area contributed by atoms with Gasteiger partial charge in [0.1, 0.15) is 17.0 Å². The maximum atomic E-state index is 13.9. The van der Waals surface area contributed by atoms with E-state index < -0.39 is 0 Å². The molecule has 0 aliphatic heterocycles. The van der Waals surface area contributed by atoms with Crippen molar-refractivity contribution < 1.29 is 4.39 Å². The molecule has 35 heavy (non-hydrogen) atoms. The summed E-state index contributed by atoms with van der Waals surface area (Å²) in [5.41, 5.74) is 9.01. The lowest BCUT2D eigenvalue weighted by Crippen LogP contribution is -2.09. The smallest absolute Gasteiger partial charge is 0.135 e. The number of hydrogen-bond donors (Lipinski definition) is 3. The summed E-state index contributed by atoms with van der Waals surface area (Å²) < 4.78 is 13.9. The summed E-state index contributed by atoms with van der Waals surface area (Å²) in [7, 11) is 0. The molecule has 172 valence electrons. The number of H-pyrrole nitrogens is 2. The largest absolute Gasteiger partial charge is 0.383 e. The Labute approximate surface area is 202 Å². The van der Waals surface area contributed by atoms with Gasteiger partial charge in [-0.25, -0.2) is 9.37 Å². The van der Waals surface area contributed by atoms with Gasteiger partial charge >= 0.3 is 0 Å². The third-order valence-corrected chi connectivity index (χ3v) is 6.08. The second kappa shape index (κ2) is 8.40. The molecule has 3 N–H and O–H groups in total. The lowest BCUT2D eigenvalue weighted by atomic mass is 10.0. The zero-order chi connectivity index (χ0) is 23.9. The van der Waals surface area contributed by atoms with Gasteiger partial charge in [-0.3, -0.25) is 5.10 Å². The van der Waals surface area contributed by atoms with Crippen molar-refractivity contribution >= 4 is 27.6 Å². The number of rotatable bonds is 5. The molecule has 0 radical (unpaired) electrons. The van der Waals surface area contributed by atoms with Crippen molar-refractivity contribution in [1.82, 2.24) is 20.2 Å². The van der Waals surface area contributed by atoms with Crippen molar-refractivity contribution in [3.8, 4) is 33.8 Å². The Balaban J connectivity index is 1.45. The number of nitrogens with zero attached hydrogens (tertiary/aromatic N) is 2. The van der Waals surface area contributed by atoms with Crippen LogP contribution in [0.1, 0.15) is 13.8 Å². The van der Waals surface area contributed by atoms with Crippen LogP contribution in [0.3, 0.4) is 0 Å². The molecule has 0 aliphatic rings. The van der Waals surface area contributed by atoms with E-state index >= 15 is 0 Å². The normalized spacial score (nSPS) is 11.5. The molecular formula is C29H24FN5. The summed E-state index contributed by atoms with van der Waals surface area (Å²) in [5, 5.41) is 12.1. The highest BCUT2D eigenvalue weighted by Gasteiger charge is 2.15. The van der Waals surface area contributed by atoms with Crippen LogP contribution in [-0.4, -0.2) is 26.2 Å². The minimum atomic E-state index is -0.252. The van der Waals surface area contributed by atoms with Crippen molar-refractivity contribution in [2.45, 2.75) is 19.9 Å². The van der Waals surface area contributed by atoms with Gasteiger partial charge in [0.05, 0.1) is 16.9 Å². The summed E-state index contributed by atoms with van der Waals surface area (Å²) in [6.45, 7) is 4.24. The molecule has 0 spiro atoms. The number of nitrogens with one attached hydrogen (secondary N) is 3. The molecule has 0 unspecified atom stereocenters. The number of pyridine rings is 1. The van der Waals surface area contributed by atoms with Crippen LogP contribution >= 0.6 is 0 Å². The van der Waals surface area contributed by atoms with E-state index in [4.69, 9.17) is 4.98 Å². The Bertz CT molecular complexity index is 1680. The zero-order valence-corrected chi connectivity index (χ0v) is 19.4.